The van der Waals surface area contributed by atoms with Gasteiger partial charge in [-0.3, -0.25) is 0 Å². The number of halogens is 2. The maximum Gasteiger partial charge on any atom is 0.130 e. The lowest BCUT2D eigenvalue weighted by Crippen LogP contribution is -2.03. The summed E-state index contributed by atoms with van der Waals surface area (Å²) < 4.78 is 8.49. The molecule has 3 rings (SSSR count). The van der Waals surface area contributed by atoms with E-state index in [-0.39, 0.29) is 0 Å². The van der Waals surface area contributed by atoms with Gasteiger partial charge in [0.15, 0.2) is 0 Å². The maximum atomic E-state index is 6.29. The van der Waals surface area contributed by atoms with Gasteiger partial charge in [-0.2, -0.15) is 8.75 Å². The zero-order valence-electron chi connectivity index (χ0n) is 11.6. The van der Waals surface area contributed by atoms with Gasteiger partial charge < -0.3 is 5.32 Å². The Labute approximate surface area is 137 Å². The smallest absolute Gasteiger partial charge is 0.130 e. The molecule has 6 heteroatoms. The zero-order valence-corrected chi connectivity index (χ0v) is 13.9. The van der Waals surface area contributed by atoms with Gasteiger partial charge in [-0.1, -0.05) is 47.0 Å². The topological polar surface area (TPSA) is 37.8 Å². The van der Waals surface area contributed by atoms with E-state index in [0.717, 1.165) is 22.9 Å². The summed E-state index contributed by atoms with van der Waals surface area (Å²) in [6, 6.07) is 8.10. The standard InChI is InChI=1S/C15H13Cl2N3S/c1-8-3-4-10(9(2)5-8)7-18-13-11(16)6-12(17)14-15(13)20-21-19-14/h3-6,18H,7H2,1-2H3. The van der Waals surface area contributed by atoms with Crippen molar-refractivity contribution in [1.82, 2.24) is 8.75 Å². The molecule has 21 heavy (non-hydrogen) atoms. The fourth-order valence-electron chi connectivity index (χ4n) is 2.27. The molecule has 108 valence electrons. The highest BCUT2D eigenvalue weighted by atomic mass is 35.5. The highest BCUT2D eigenvalue weighted by Crippen LogP contribution is 2.35. The lowest BCUT2D eigenvalue weighted by molar-refractivity contribution is 1.12. The SMILES string of the molecule is Cc1ccc(CNc2c(Cl)cc(Cl)c3nsnc23)c(C)c1. The molecule has 0 aliphatic heterocycles. The van der Waals surface area contributed by atoms with Crippen molar-refractivity contribution in [2.75, 3.05) is 5.32 Å². The molecule has 1 heterocycles. The molecule has 0 fully saturated rings. The Bertz CT molecular complexity index is 814. The van der Waals surface area contributed by atoms with Gasteiger partial charge in [0.1, 0.15) is 11.0 Å². The Morgan fingerprint density at radius 3 is 2.57 bits per heavy atom. The van der Waals surface area contributed by atoms with Crippen molar-refractivity contribution in [2.45, 2.75) is 20.4 Å². The number of aromatic nitrogens is 2. The van der Waals surface area contributed by atoms with Gasteiger partial charge in [0.25, 0.3) is 0 Å². The van der Waals surface area contributed by atoms with E-state index in [2.05, 4.69) is 46.1 Å². The lowest BCUT2D eigenvalue weighted by Gasteiger charge is -2.12. The summed E-state index contributed by atoms with van der Waals surface area (Å²) in [4.78, 5) is 0. The molecule has 0 radical (unpaired) electrons. The number of hydrogen-bond donors (Lipinski definition) is 1. The zero-order chi connectivity index (χ0) is 15.0. The number of nitrogens with zero attached hydrogens (tertiary/aromatic N) is 2. The molecule has 1 aromatic heterocycles. The molecule has 3 aromatic rings. The minimum absolute atomic E-state index is 0.529. The second-order valence-electron chi connectivity index (χ2n) is 4.96. The molecule has 0 aliphatic rings. The minimum atomic E-state index is 0.529. The summed E-state index contributed by atoms with van der Waals surface area (Å²) in [6.07, 6.45) is 0. The summed E-state index contributed by atoms with van der Waals surface area (Å²) in [5.41, 5.74) is 5.93. The van der Waals surface area contributed by atoms with Crippen LogP contribution in [-0.2, 0) is 6.54 Å². The van der Waals surface area contributed by atoms with E-state index in [1.165, 1.54) is 16.7 Å². The van der Waals surface area contributed by atoms with Gasteiger partial charge in [0, 0.05) is 6.54 Å². The van der Waals surface area contributed by atoms with Gasteiger partial charge in [-0.15, -0.1) is 0 Å². The first-order valence-electron chi connectivity index (χ1n) is 6.46. The van der Waals surface area contributed by atoms with Gasteiger partial charge in [-0.05, 0) is 31.0 Å². The number of aryl methyl sites for hydroxylation is 2. The second kappa shape index (κ2) is 5.79. The van der Waals surface area contributed by atoms with Gasteiger partial charge in [0.2, 0.25) is 0 Å². The molecular weight excluding hydrogens is 325 g/mol. The first-order chi connectivity index (χ1) is 10.1. The Morgan fingerprint density at radius 1 is 1.05 bits per heavy atom. The van der Waals surface area contributed by atoms with Crippen LogP contribution in [0.4, 0.5) is 5.69 Å². The van der Waals surface area contributed by atoms with Gasteiger partial charge >= 0.3 is 0 Å². The fraction of sp³-hybridized carbons (Fsp3) is 0.200. The number of benzene rings is 2. The van der Waals surface area contributed by atoms with Crippen LogP contribution < -0.4 is 5.32 Å². The third-order valence-corrected chi connectivity index (χ3v) is 4.51. The highest BCUT2D eigenvalue weighted by molar-refractivity contribution is 7.00. The monoisotopic (exact) mass is 337 g/mol. The molecule has 0 amide bonds. The number of anilines is 1. The largest absolute Gasteiger partial charge is 0.378 e. The minimum Gasteiger partial charge on any atom is -0.378 e. The van der Waals surface area contributed by atoms with Crippen LogP contribution in [0.2, 0.25) is 10.0 Å². The molecule has 1 N–H and O–H groups in total. The quantitative estimate of drug-likeness (QED) is 0.711. The van der Waals surface area contributed by atoms with Crippen LogP contribution in [0.1, 0.15) is 16.7 Å². The number of nitrogens with one attached hydrogen (secondary N) is 1. The van der Waals surface area contributed by atoms with Crippen molar-refractivity contribution in [3.63, 3.8) is 0 Å². The summed E-state index contributed by atoms with van der Waals surface area (Å²) in [6.45, 7) is 4.87. The Hall–Kier alpha value is -1.36. The molecule has 0 unspecified atom stereocenters. The van der Waals surface area contributed by atoms with Crippen molar-refractivity contribution in [3.05, 3.63) is 51.0 Å². The summed E-state index contributed by atoms with van der Waals surface area (Å²) in [5.74, 6) is 0. The Morgan fingerprint density at radius 2 is 1.81 bits per heavy atom. The molecule has 0 atom stereocenters. The van der Waals surface area contributed by atoms with Crippen LogP contribution in [0.5, 0.6) is 0 Å². The predicted molar refractivity (Wildman–Crippen MR) is 90.7 cm³/mol. The van der Waals surface area contributed by atoms with Crippen molar-refractivity contribution in [2.24, 2.45) is 0 Å². The third-order valence-electron chi connectivity index (χ3n) is 3.40. The first kappa shape index (κ1) is 14.6. The van der Waals surface area contributed by atoms with Crippen LogP contribution in [0.25, 0.3) is 11.0 Å². The van der Waals surface area contributed by atoms with E-state index < -0.39 is 0 Å². The predicted octanol–water partition coefficient (Wildman–Crippen LogP) is 5.23. The van der Waals surface area contributed by atoms with Crippen molar-refractivity contribution < 1.29 is 0 Å². The Balaban J connectivity index is 1.93. The van der Waals surface area contributed by atoms with E-state index in [1.54, 1.807) is 6.07 Å². The van der Waals surface area contributed by atoms with Crippen LogP contribution in [0, 0.1) is 13.8 Å². The van der Waals surface area contributed by atoms with Crippen molar-refractivity contribution in [1.29, 1.82) is 0 Å². The normalized spacial score (nSPS) is 11.0. The van der Waals surface area contributed by atoms with Gasteiger partial charge in [-0.25, -0.2) is 0 Å². The average Bonchev–Trinajstić information content (AvgIpc) is 2.90. The first-order valence-corrected chi connectivity index (χ1v) is 7.95. The van der Waals surface area contributed by atoms with E-state index >= 15 is 0 Å². The van der Waals surface area contributed by atoms with E-state index in [4.69, 9.17) is 23.2 Å². The molecule has 2 aromatic carbocycles. The number of hydrogen-bond acceptors (Lipinski definition) is 4. The summed E-state index contributed by atoms with van der Waals surface area (Å²) in [7, 11) is 0. The van der Waals surface area contributed by atoms with Crippen molar-refractivity contribution >= 4 is 51.7 Å². The van der Waals surface area contributed by atoms with E-state index in [0.29, 0.717) is 22.1 Å². The molecular formula is C15H13Cl2N3S. The summed E-state index contributed by atoms with van der Waals surface area (Å²) >= 11 is 13.5. The number of rotatable bonds is 3. The fourth-order valence-corrected chi connectivity index (χ4v) is 3.45. The maximum absolute atomic E-state index is 6.29. The third kappa shape index (κ3) is 2.84. The molecule has 0 saturated carbocycles. The van der Waals surface area contributed by atoms with Crippen LogP contribution >= 0.6 is 34.9 Å². The molecule has 0 saturated heterocycles. The van der Waals surface area contributed by atoms with Crippen LogP contribution in [0.15, 0.2) is 24.3 Å². The number of fused-ring (bicyclic) bond motifs is 1. The second-order valence-corrected chi connectivity index (χ2v) is 6.30. The molecule has 0 spiro atoms. The molecule has 3 nitrogen and oxygen atoms in total. The average molecular weight is 338 g/mol. The van der Waals surface area contributed by atoms with Crippen molar-refractivity contribution in [3.8, 4) is 0 Å². The van der Waals surface area contributed by atoms with Crippen LogP contribution in [0.3, 0.4) is 0 Å². The lowest BCUT2D eigenvalue weighted by atomic mass is 10.1. The molecule has 0 bridgehead atoms. The molecule has 0 aliphatic carbocycles. The van der Waals surface area contributed by atoms with E-state index in [1.807, 2.05) is 0 Å². The summed E-state index contributed by atoms with van der Waals surface area (Å²) in [5, 5.41) is 4.45. The highest BCUT2D eigenvalue weighted by Gasteiger charge is 2.14. The van der Waals surface area contributed by atoms with E-state index in [9.17, 15) is 0 Å². The Kier molecular flexibility index (Phi) is 4.02. The van der Waals surface area contributed by atoms with Crippen LogP contribution in [-0.4, -0.2) is 8.75 Å². The van der Waals surface area contributed by atoms with Gasteiger partial charge in [0.05, 0.1) is 27.5 Å².